The Morgan fingerprint density at radius 1 is 1.05 bits per heavy atom. The lowest BCUT2D eigenvalue weighted by Crippen LogP contribution is -2.30. The van der Waals surface area contributed by atoms with Crippen molar-refractivity contribution in [1.82, 2.24) is 0 Å². The average molecular weight is 325 g/mol. The molecule has 0 saturated carbocycles. The van der Waals surface area contributed by atoms with E-state index < -0.39 is 5.41 Å². The van der Waals surface area contributed by atoms with E-state index in [2.05, 4.69) is 0 Å². The van der Waals surface area contributed by atoms with Gasteiger partial charge in [0.15, 0.2) is 0 Å². The first-order valence-corrected chi connectivity index (χ1v) is 7.29. The predicted molar refractivity (Wildman–Crippen MR) is 84.6 cm³/mol. The quantitative estimate of drug-likeness (QED) is 0.753. The molecule has 0 unspecified atom stereocenters. The van der Waals surface area contributed by atoms with Gasteiger partial charge in [0.2, 0.25) is 0 Å². The van der Waals surface area contributed by atoms with Crippen LogP contribution in [0.2, 0.25) is 10.0 Å². The lowest BCUT2D eigenvalue weighted by molar-refractivity contribution is -0.122. The number of ketones is 1. The minimum atomic E-state index is -0.695. The van der Waals surface area contributed by atoms with E-state index >= 15 is 0 Å². The molecule has 0 fully saturated rings. The van der Waals surface area contributed by atoms with Crippen molar-refractivity contribution in [3.05, 3.63) is 69.5 Å². The number of carbonyl (C=O) groups is 1. The maximum absolute atomic E-state index is 13.0. The predicted octanol–water partition coefficient (Wildman–Crippen LogP) is 5.22. The van der Waals surface area contributed by atoms with Crippen molar-refractivity contribution in [2.45, 2.75) is 25.7 Å². The van der Waals surface area contributed by atoms with E-state index in [9.17, 15) is 9.18 Å². The first kappa shape index (κ1) is 16.0. The smallest absolute Gasteiger partial charge is 0.147 e. The number of hydrogen-bond acceptors (Lipinski definition) is 1. The van der Waals surface area contributed by atoms with Gasteiger partial charge in [0.05, 0.1) is 10.0 Å². The highest BCUT2D eigenvalue weighted by Gasteiger charge is 2.29. The van der Waals surface area contributed by atoms with Crippen LogP contribution in [0.25, 0.3) is 0 Å². The summed E-state index contributed by atoms with van der Waals surface area (Å²) in [5.41, 5.74) is 0.901. The molecule has 4 heteroatoms. The first-order valence-electron chi connectivity index (χ1n) is 6.54. The van der Waals surface area contributed by atoms with Crippen LogP contribution < -0.4 is 0 Å². The summed E-state index contributed by atoms with van der Waals surface area (Å²) in [5.74, 6) is -0.279. The minimum absolute atomic E-state index is 0.0347. The fourth-order valence-electron chi connectivity index (χ4n) is 2.08. The summed E-state index contributed by atoms with van der Waals surface area (Å²) >= 11 is 11.8. The SMILES string of the molecule is CC(C)(C(=O)Cc1ccc(Cl)c(Cl)c1)c1ccc(F)cc1. The van der Waals surface area contributed by atoms with E-state index in [-0.39, 0.29) is 18.0 Å². The number of halogens is 3. The maximum atomic E-state index is 13.0. The van der Waals surface area contributed by atoms with Crippen molar-refractivity contribution >= 4 is 29.0 Å². The van der Waals surface area contributed by atoms with Gasteiger partial charge < -0.3 is 0 Å². The van der Waals surface area contributed by atoms with Gasteiger partial charge in [0, 0.05) is 11.8 Å². The van der Waals surface area contributed by atoms with E-state index in [0.29, 0.717) is 10.0 Å². The van der Waals surface area contributed by atoms with Crippen LogP contribution in [-0.2, 0) is 16.6 Å². The highest BCUT2D eigenvalue weighted by atomic mass is 35.5. The average Bonchev–Trinajstić information content (AvgIpc) is 2.43. The lowest BCUT2D eigenvalue weighted by Gasteiger charge is -2.24. The van der Waals surface area contributed by atoms with Gasteiger partial charge in [0.1, 0.15) is 11.6 Å². The van der Waals surface area contributed by atoms with Gasteiger partial charge in [-0.3, -0.25) is 4.79 Å². The summed E-state index contributed by atoms with van der Waals surface area (Å²) in [6, 6.07) is 11.2. The number of carbonyl (C=O) groups excluding carboxylic acids is 1. The van der Waals surface area contributed by atoms with Crippen molar-refractivity contribution in [2.75, 3.05) is 0 Å². The zero-order chi connectivity index (χ0) is 15.6. The number of hydrogen-bond donors (Lipinski definition) is 0. The molecule has 0 amide bonds. The molecular weight excluding hydrogens is 310 g/mol. The van der Waals surface area contributed by atoms with Gasteiger partial charge in [-0.1, -0.05) is 41.4 Å². The molecule has 0 spiro atoms. The molecule has 110 valence electrons. The van der Waals surface area contributed by atoms with E-state index in [1.165, 1.54) is 12.1 Å². The monoisotopic (exact) mass is 324 g/mol. The van der Waals surface area contributed by atoms with Crippen LogP contribution in [0.4, 0.5) is 4.39 Å². The van der Waals surface area contributed by atoms with Gasteiger partial charge in [-0.05, 0) is 49.2 Å². The molecule has 0 aromatic heterocycles. The van der Waals surface area contributed by atoms with Crippen LogP contribution in [-0.4, -0.2) is 5.78 Å². The van der Waals surface area contributed by atoms with E-state index in [1.807, 2.05) is 13.8 Å². The van der Waals surface area contributed by atoms with Gasteiger partial charge >= 0.3 is 0 Å². The van der Waals surface area contributed by atoms with Crippen molar-refractivity contribution < 1.29 is 9.18 Å². The third kappa shape index (κ3) is 3.63. The first-order chi connectivity index (χ1) is 9.80. The van der Waals surface area contributed by atoms with Gasteiger partial charge in [-0.15, -0.1) is 0 Å². The Bertz CT molecular complexity index is 663. The standard InChI is InChI=1S/C17H15Cl2FO/c1-17(2,12-4-6-13(20)7-5-12)16(21)10-11-3-8-14(18)15(19)9-11/h3-9H,10H2,1-2H3. The van der Waals surface area contributed by atoms with Gasteiger partial charge in [0.25, 0.3) is 0 Å². The summed E-state index contributed by atoms with van der Waals surface area (Å²) in [6.07, 6.45) is 0.251. The third-order valence-corrected chi connectivity index (χ3v) is 4.35. The molecule has 0 aliphatic rings. The topological polar surface area (TPSA) is 17.1 Å². The molecule has 0 aliphatic heterocycles. The minimum Gasteiger partial charge on any atom is -0.298 e. The fourth-order valence-corrected chi connectivity index (χ4v) is 2.40. The van der Waals surface area contributed by atoms with Crippen LogP contribution in [0.3, 0.4) is 0 Å². The molecule has 2 aromatic carbocycles. The number of Topliss-reactive ketones (excluding diaryl/α,β-unsaturated/α-hetero) is 1. The van der Waals surface area contributed by atoms with E-state index in [4.69, 9.17) is 23.2 Å². The molecule has 0 heterocycles. The normalized spacial score (nSPS) is 11.5. The molecule has 0 N–H and O–H groups in total. The molecule has 2 aromatic rings. The molecule has 2 rings (SSSR count). The largest absolute Gasteiger partial charge is 0.298 e. The summed E-state index contributed by atoms with van der Waals surface area (Å²) in [5, 5.41) is 0.896. The highest BCUT2D eigenvalue weighted by Crippen LogP contribution is 2.28. The van der Waals surface area contributed by atoms with E-state index in [0.717, 1.165) is 11.1 Å². The van der Waals surface area contributed by atoms with Crippen molar-refractivity contribution in [3.8, 4) is 0 Å². The molecule has 0 saturated heterocycles. The van der Waals surface area contributed by atoms with Gasteiger partial charge in [-0.25, -0.2) is 4.39 Å². The Kier molecular flexibility index (Phi) is 4.70. The molecule has 0 aliphatic carbocycles. The summed E-state index contributed by atoms with van der Waals surface area (Å²) in [7, 11) is 0. The van der Waals surface area contributed by atoms with Gasteiger partial charge in [-0.2, -0.15) is 0 Å². The lowest BCUT2D eigenvalue weighted by atomic mass is 9.78. The Morgan fingerprint density at radius 2 is 1.67 bits per heavy atom. The van der Waals surface area contributed by atoms with Crippen molar-refractivity contribution in [2.24, 2.45) is 0 Å². The Morgan fingerprint density at radius 3 is 2.24 bits per heavy atom. The number of benzene rings is 2. The van der Waals surface area contributed by atoms with Crippen LogP contribution >= 0.6 is 23.2 Å². The molecule has 0 atom stereocenters. The molecule has 0 bridgehead atoms. The summed E-state index contributed by atoms with van der Waals surface area (Å²) in [6.45, 7) is 3.67. The molecule has 21 heavy (non-hydrogen) atoms. The van der Waals surface area contributed by atoms with Crippen molar-refractivity contribution in [3.63, 3.8) is 0 Å². The Hall–Kier alpha value is -1.38. The second-order valence-electron chi connectivity index (χ2n) is 5.48. The third-order valence-electron chi connectivity index (χ3n) is 3.61. The van der Waals surface area contributed by atoms with Crippen molar-refractivity contribution in [1.29, 1.82) is 0 Å². The highest BCUT2D eigenvalue weighted by molar-refractivity contribution is 6.42. The number of rotatable bonds is 4. The summed E-state index contributed by atoms with van der Waals surface area (Å²) in [4.78, 5) is 12.5. The Labute approximate surface area is 133 Å². The van der Waals surface area contributed by atoms with E-state index in [1.54, 1.807) is 30.3 Å². The summed E-state index contributed by atoms with van der Waals surface area (Å²) < 4.78 is 13.0. The van der Waals surface area contributed by atoms with Crippen LogP contribution in [0.5, 0.6) is 0 Å². The fraction of sp³-hybridized carbons (Fsp3) is 0.235. The molecular formula is C17H15Cl2FO. The van der Waals surface area contributed by atoms with Crippen LogP contribution in [0.15, 0.2) is 42.5 Å². The van der Waals surface area contributed by atoms with Crippen LogP contribution in [0, 0.1) is 5.82 Å². The maximum Gasteiger partial charge on any atom is 0.147 e. The molecule has 0 radical (unpaired) electrons. The second-order valence-corrected chi connectivity index (χ2v) is 6.29. The zero-order valence-corrected chi connectivity index (χ0v) is 13.3. The molecule has 1 nitrogen and oxygen atoms in total. The second kappa shape index (κ2) is 6.17. The van der Waals surface area contributed by atoms with Crippen LogP contribution in [0.1, 0.15) is 25.0 Å². The Balaban J connectivity index is 2.21. The zero-order valence-electron chi connectivity index (χ0n) is 11.8.